The maximum atomic E-state index is 12.7. The van der Waals surface area contributed by atoms with E-state index in [0.717, 1.165) is 22.4 Å². The van der Waals surface area contributed by atoms with Crippen LogP contribution in [0.2, 0.25) is 0 Å². The standard InChI is InChI=1S/C23H28N2O4/c1-15-5-6-16(2)19(11-15)24-23(27)18-13-22(26)25(14-18)10-9-17-7-8-20(28-3)21(12-17)29-4/h5-8,11-12,18H,9-10,13-14H2,1-4H3,(H,24,27). The maximum Gasteiger partial charge on any atom is 0.229 e. The summed E-state index contributed by atoms with van der Waals surface area (Å²) >= 11 is 0. The van der Waals surface area contributed by atoms with E-state index < -0.39 is 0 Å². The molecule has 1 aliphatic heterocycles. The van der Waals surface area contributed by atoms with E-state index in [1.807, 2.05) is 50.2 Å². The summed E-state index contributed by atoms with van der Waals surface area (Å²) in [4.78, 5) is 26.9. The Kier molecular flexibility index (Phi) is 6.42. The molecular formula is C23H28N2O4. The minimum atomic E-state index is -0.326. The summed E-state index contributed by atoms with van der Waals surface area (Å²) in [5.74, 6) is 0.945. The molecule has 0 radical (unpaired) electrons. The van der Waals surface area contributed by atoms with Gasteiger partial charge in [-0.2, -0.15) is 0 Å². The summed E-state index contributed by atoms with van der Waals surface area (Å²) in [7, 11) is 3.20. The van der Waals surface area contributed by atoms with Gasteiger partial charge in [-0.3, -0.25) is 9.59 Å². The molecule has 6 nitrogen and oxygen atoms in total. The van der Waals surface area contributed by atoms with Gasteiger partial charge in [0.25, 0.3) is 0 Å². The second-order valence-electron chi connectivity index (χ2n) is 7.49. The number of anilines is 1. The van der Waals surface area contributed by atoms with E-state index in [9.17, 15) is 9.59 Å². The van der Waals surface area contributed by atoms with Gasteiger partial charge in [0.1, 0.15) is 0 Å². The first kappa shape index (κ1) is 20.7. The average Bonchev–Trinajstić information content (AvgIpc) is 3.09. The van der Waals surface area contributed by atoms with Crippen LogP contribution in [-0.2, 0) is 16.0 Å². The van der Waals surface area contributed by atoms with Crippen molar-refractivity contribution in [1.82, 2.24) is 4.90 Å². The Morgan fingerprint density at radius 3 is 2.59 bits per heavy atom. The smallest absolute Gasteiger partial charge is 0.229 e. The van der Waals surface area contributed by atoms with Crippen molar-refractivity contribution in [2.75, 3.05) is 32.6 Å². The lowest BCUT2D eigenvalue weighted by atomic mass is 10.1. The molecule has 1 saturated heterocycles. The first-order chi connectivity index (χ1) is 13.9. The predicted molar refractivity (Wildman–Crippen MR) is 112 cm³/mol. The molecule has 1 heterocycles. The number of carbonyl (C=O) groups is 2. The van der Waals surface area contributed by atoms with Crippen LogP contribution in [0.1, 0.15) is 23.1 Å². The number of hydrogen-bond donors (Lipinski definition) is 1. The normalized spacial score (nSPS) is 16.1. The summed E-state index contributed by atoms with van der Waals surface area (Å²) in [6.45, 7) is 4.97. The summed E-state index contributed by atoms with van der Waals surface area (Å²) in [6, 6.07) is 11.7. The fourth-order valence-corrected chi connectivity index (χ4v) is 3.57. The third-order valence-electron chi connectivity index (χ3n) is 5.35. The molecule has 6 heteroatoms. The quantitative estimate of drug-likeness (QED) is 0.779. The zero-order chi connectivity index (χ0) is 21.0. The molecule has 1 atom stereocenters. The zero-order valence-corrected chi connectivity index (χ0v) is 17.5. The third-order valence-corrected chi connectivity index (χ3v) is 5.35. The van der Waals surface area contributed by atoms with Crippen molar-refractivity contribution in [3.8, 4) is 11.5 Å². The summed E-state index contributed by atoms with van der Waals surface area (Å²) < 4.78 is 10.6. The first-order valence-corrected chi connectivity index (χ1v) is 9.78. The maximum absolute atomic E-state index is 12.7. The number of nitrogens with zero attached hydrogens (tertiary/aromatic N) is 1. The molecule has 0 saturated carbocycles. The first-order valence-electron chi connectivity index (χ1n) is 9.78. The van der Waals surface area contributed by atoms with Crippen LogP contribution in [-0.4, -0.2) is 44.0 Å². The van der Waals surface area contributed by atoms with E-state index in [4.69, 9.17) is 9.47 Å². The average molecular weight is 396 g/mol. The van der Waals surface area contributed by atoms with Gasteiger partial charge in [0.05, 0.1) is 20.1 Å². The number of hydrogen-bond acceptors (Lipinski definition) is 4. The number of methoxy groups -OCH3 is 2. The fourth-order valence-electron chi connectivity index (χ4n) is 3.57. The SMILES string of the molecule is COc1ccc(CCN2CC(C(=O)Nc3cc(C)ccc3C)CC2=O)cc1OC. The van der Waals surface area contributed by atoms with Crippen LogP contribution < -0.4 is 14.8 Å². The van der Waals surface area contributed by atoms with Crippen LogP contribution in [0.25, 0.3) is 0 Å². The zero-order valence-electron chi connectivity index (χ0n) is 17.5. The number of nitrogens with one attached hydrogen (secondary N) is 1. The Morgan fingerprint density at radius 2 is 1.86 bits per heavy atom. The van der Waals surface area contributed by atoms with E-state index in [1.165, 1.54) is 0 Å². The second-order valence-corrected chi connectivity index (χ2v) is 7.49. The van der Waals surface area contributed by atoms with Gasteiger partial charge in [0, 0.05) is 25.2 Å². The number of benzene rings is 2. The lowest BCUT2D eigenvalue weighted by molar-refractivity contribution is -0.128. The minimum absolute atomic E-state index is 0.0200. The molecule has 3 rings (SSSR count). The number of likely N-dealkylation sites (tertiary alicyclic amines) is 1. The lowest BCUT2D eigenvalue weighted by Crippen LogP contribution is -2.30. The van der Waals surface area contributed by atoms with E-state index in [0.29, 0.717) is 31.0 Å². The van der Waals surface area contributed by atoms with Crippen LogP contribution in [0.5, 0.6) is 11.5 Å². The number of rotatable bonds is 7. The highest BCUT2D eigenvalue weighted by Crippen LogP contribution is 2.28. The summed E-state index contributed by atoms with van der Waals surface area (Å²) in [5, 5.41) is 2.99. The Morgan fingerprint density at radius 1 is 1.10 bits per heavy atom. The highest BCUT2D eigenvalue weighted by Gasteiger charge is 2.34. The fraction of sp³-hybridized carbons (Fsp3) is 0.391. The van der Waals surface area contributed by atoms with Crippen molar-refractivity contribution < 1.29 is 19.1 Å². The van der Waals surface area contributed by atoms with Crippen molar-refractivity contribution in [2.45, 2.75) is 26.7 Å². The molecule has 1 fully saturated rings. The van der Waals surface area contributed by atoms with Gasteiger partial charge < -0.3 is 19.7 Å². The Labute approximate surface area is 171 Å². The molecule has 0 bridgehead atoms. The highest BCUT2D eigenvalue weighted by atomic mass is 16.5. The minimum Gasteiger partial charge on any atom is -0.493 e. The Bertz CT molecular complexity index is 910. The number of carbonyl (C=O) groups excluding carboxylic acids is 2. The molecule has 2 aromatic carbocycles. The summed E-state index contributed by atoms with van der Waals surface area (Å²) in [6.07, 6.45) is 0.944. The van der Waals surface area contributed by atoms with Crippen LogP contribution in [0.15, 0.2) is 36.4 Å². The number of aryl methyl sites for hydroxylation is 2. The second kappa shape index (κ2) is 8.99. The van der Waals surface area contributed by atoms with E-state index in [2.05, 4.69) is 5.32 Å². The number of amides is 2. The van der Waals surface area contributed by atoms with Crippen LogP contribution in [0.4, 0.5) is 5.69 Å². The van der Waals surface area contributed by atoms with Crippen molar-refractivity contribution in [2.24, 2.45) is 5.92 Å². The van der Waals surface area contributed by atoms with Crippen molar-refractivity contribution in [1.29, 1.82) is 0 Å². The molecular weight excluding hydrogens is 368 g/mol. The molecule has 2 amide bonds. The molecule has 0 aliphatic carbocycles. The molecule has 154 valence electrons. The highest BCUT2D eigenvalue weighted by molar-refractivity contribution is 5.97. The van der Waals surface area contributed by atoms with Crippen LogP contribution in [0.3, 0.4) is 0 Å². The van der Waals surface area contributed by atoms with Gasteiger partial charge in [-0.1, -0.05) is 18.2 Å². The molecule has 0 spiro atoms. The van der Waals surface area contributed by atoms with E-state index in [1.54, 1.807) is 19.1 Å². The molecule has 2 aromatic rings. The monoisotopic (exact) mass is 396 g/mol. The lowest BCUT2D eigenvalue weighted by Gasteiger charge is -2.17. The Hall–Kier alpha value is -3.02. The van der Waals surface area contributed by atoms with Gasteiger partial charge in [-0.05, 0) is 55.2 Å². The topological polar surface area (TPSA) is 67.9 Å². The summed E-state index contributed by atoms with van der Waals surface area (Å²) in [5.41, 5.74) is 3.97. The molecule has 1 unspecified atom stereocenters. The van der Waals surface area contributed by atoms with Crippen LogP contribution >= 0.6 is 0 Å². The largest absolute Gasteiger partial charge is 0.493 e. The van der Waals surface area contributed by atoms with E-state index >= 15 is 0 Å². The molecule has 1 N–H and O–H groups in total. The molecule has 1 aliphatic rings. The van der Waals surface area contributed by atoms with Crippen molar-refractivity contribution in [3.63, 3.8) is 0 Å². The van der Waals surface area contributed by atoms with Gasteiger partial charge in [-0.15, -0.1) is 0 Å². The predicted octanol–water partition coefficient (Wildman–Crippen LogP) is 3.35. The van der Waals surface area contributed by atoms with Gasteiger partial charge in [0.2, 0.25) is 11.8 Å². The van der Waals surface area contributed by atoms with Crippen molar-refractivity contribution >= 4 is 17.5 Å². The van der Waals surface area contributed by atoms with Gasteiger partial charge >= 0.3 is 0 Å². The van der Waals surface area contributed by atoms with Gasteiger partial charge in [-0.25, -0.2) is 0 Å². The molecule has 0 aromatic heterocycles. The molecule has 29 heavy (non-hydrogen) atoms. The Balaban J connectivity index is 1.58. The van der Waals surface area contributed by atoms with Crippen LogP contribution in [0, 0.1) is 19.8 Å². The van der Waals surface area contributed by atoms with Crippen molar-refractivity contribution in [3.05, 3.63) is 53.1 Å². The van der Waals surface area contributed by atoms with Gasteiger partial charge in [0.15, 0.2) is 11.5 Å². The third kappa shape index (κ3) is 4.88. The number of ether oxygens (including phenoxy) is 2. The van der Waals surface area contributed by atoms with E-state index in [-0.39, 0.29) is 24.2 Å².